The minimum atomic E-state index is -0.801. The van der Waals surface area contributed by atoms with Crippen molar-refractivity contribution in [1.29, 1.82) is 5.26 Å². The van der Waals surface area contributed by atoms with Crippen LogP contribution >= 0.6 is 23.2 Å². The molecule has 0 radical (unpaired) electrons. The van der Waals surface area contributed by atoms with E-state index in [4.69, 9.17) is 27.9 Å². The molecule has 0 spiro atoms. The van der Waals surface area contributed by atoms with Crippen LogP contribution in [0.25, 0.3) is 5.76 Å². The van der Waals surface area contributed by atoms with E-state index in [1.54, 1.807) is 42.5 Å². The predicted octanol–water partition coefficient (Wildman–Crippen LogP) is 4.17. The zero-order valence-corrected chi connectivity index (χ0v) is 15.5. The summed E-state index contributed by atoms with van der Waals surface area (Å²) in [5.74, 6) is -1.64. The second kappa shape index (κ2) is 8.52. The number of halogens is 2. The van der Waals surface area contributed by atoms with Crippen molar-refractivity contribution in [2.75, 3.05) is 14.1 Å². The average Bonchev–Trinajstić information content (AvgIpc) is 2.62. The van der Waals surface area contributed by atoms with Crippen LogP contribution in [0.1, 0.15) is 15.9 Å². The van der Waals surface area contributed by atoms with Crippen LogP contribution < -0.4 is 0 Å². The molecule has 0 saturated carbocycles. The number of hydrogen-bond donors (Lipinski definition) is 0. The fraction of sp³-hybridized carbons (Fsp3) is 0.105. The maximum atomic E-state index is 12.6. The Morgan fingerprint density at radius 3 is 1.92 bits per heavy atom. The SMILES string of the molecule is CN(C)C(=O)/C(C#N)=C(\OC(=O)c1ccccc1Cl)c1ccccc1Cl. The van der Waals surface area contributed by atoms with Crippen molar-refractivity contribution in [1.82, 2.24) is 4.90 Å². The van der Waals surface area contributed by atoms with Crippen molar-refractivity contribution in [2.24, 2.45) is 0 Å². The van der Waals surface area contributed by atoms with Gasteiger partial charge in [-0.3, -0.25) is 4.79 Å². The first-order valence-corrected chi connectivity index (χ1v) is 8.20. The van der Waals surface area contributed by atoms with Gasteiger partial charge in [0.1, 0.15) is 6.07 Å². The van der Waals surface area contributed by atoms with Crippen LogP contribution in [0, 0.1) is 11.3 Å². The first-order valence-electron chi connectivity index (χ1n) is 7.44. The molecule has 0 aliphatic heterocycles. The van der Waals surface area contributed by atoms with Gasteiger partial charge in [0.05, 0.1) is 15.6 Å². The molecule has 0 aliphatic rings. The Morgan fingerprint density at radius 2 is 1.46 bits per heavy atom. The van der Waals surface area contributed by atoms with Crippen LogP contribution in [0.2, 0.25) is 10.0 Å². The standard InChI is InChI=1S/C19H14Cl2N2O3/c1-23(2)18(24)14(11-22)17(12-7-3-5-9-15(12)20)26-19(25)13-8-4-6-10-16(13)21/h3-10H,1-2H3/b17-14-. The smallest absolute Gasteiger partial charge is 0.345 e. The topological polar surface area (TPSA) is 70.4 Å². The number of esters is 1. The van der Waals surface area contributed by atoms with Crippen LogP contribution in [0.15, 0.2) is 54.1 Å². The molecule has 0 aromatic heterocycles. The van der Waals surface area contributed by atoms with Gasteiger partial charge in [-0.05, 0) is 24.3 Å². The molecule has 7 heteroatoms. The summed E-state index contributed by atoms with van der Waals surface area (Å²) in [5.41, 5.74) is 0.0122. The second-order valence-electron chi connectivity index (χ2n) is 5.36. The molecule has 0 unspecified atom stereocenters. The van der Waals surface area contributed by atoms with E-state index >= 15 is 0 Å². The molecule has 0 fully saturated rings. The molecular formula is C19H14Cl2N2O3. The summed E-state index contributed by atoms with van der Waals surface area (Å²) < 4.78 is 5.41. The highest BCUT2D eigenvalue weighted by atomic mass is 35.5. The van der Waals surface area contributed by atoms with Gasteiger partial charge in [-0.25, -0.2) is 4.79 Å². The fourth-order valence-corrected chi connectivity index (χ4v) is 2.51. The van der Waals surface area contributed by atoms with E-state index in [1.807, 2.05) is 0 Å². The Labute approximate surface area is 161 Å². The Balaban J connectivity index is 2.61. The second-order valence-corrected chi connectivity index (χ2v) is 6.18. The first kappa shape index (κ1) is 19.5. The van der Waals surface area contributed by atoms with Gasteiger partial charge in [0, 0.05) is 19.7 Å². The monoisotopic (exact) mass is 388 g/mol. The molecule has 0 atom stereocenters. The molecule has 2 aromatic carbocycles. The molecule has 26 heavy (non-hydrogen) atoms. The molecule has 0 heterocycles. The van der Waals surface area contributed by atoms with Crippen molar-refractivity contribution < 1.29 is 14.3 Å². The van der Waals surface area contributed by atoms with E-state index in [0.29, 0.717) is 0 Å². The van der Waals surface area contributed by atoms with Gasteiger partial charge in [-0.1, -0.05) is 47.5 Å². The number of carbonyl (C=O) groups excluding carboxylic acids is 2. The van der Waals surface area contributed by atoms with Gasteiger partial charge in [-0.2, -0.15) is 5.26 Å². The Morgan fingerprint density at radius 1 is 0.962 bits per heavy atom. The average molecular weight is 389 g/mol. The highest BCUT2D eigenvalue weighted by Gasteiger charge is 2.25. The van der Waals surface area contributed by atoms with Crippen molar-refractivity contribution in [3.63, 3.8) is 0 Å². The molecule has 0 aliphatic carbocycles. The molecule has 0 N–H and O–H groups in total. The van der Waals surface area contributed by atoms with E-state index in [9.17, 15) is 14.9 Å². The minimum Gasteiger partial charge on any atom is -0.421 e. The van der Waals surface area contributed by atoms with Crippen LogP contribution in [0.5, 0.6) is 0 Å². The van der Waals surface area contributed by atoms with Crippen LogP contribution in [-0.4, -0.2) is 30.9 Å². The predicted molar refractivity (Wildman–Crippen MR) is 99.5 cm³/mol. The van der Waals surface area contributed by atoms with Crippen molar-refractivity contribution in [3.05, 3.63) is 75.3 Å². The molecule has 2 rings (SSSR count). The zero-order chi connectivity index (χ0) is 19.3. The van der Waals surface area contributed by atoms with E-state index in [1.165, 1.54) is 31.1 Å². The van der Waals surface area contributed by atoms with Gasteiger partial charge < -0.3 is 9.64 Å². The lowest BCUT2D eigenvalue weighted by molar-refractivity contribution is -0.124. The van der Waals surface area contributed by atoms with Crippen LogP contribution in [0.3, 0.4) is 0 Å². The van der Waals surface area contributed by atoms with Crippen molar-refractivity contribution >= 4 is 40.8 Å². The Kier molecular flexibility index (Phi) is 6.40. The van der Waals surface area contributed by atoms with Gasteiger partial charge >= 0.3 is 5.97 Å². The molecule has 132 valence electrons. The third-order valence-electron chi connectivity index (χ3n) is 3.37. The molecule has 0 bridgehead atoms. The zero-order valence-electron chi connectivity index (χ0n) is 14.0. The third kappa shape index (κ3) is 4.23. The van der Waals surface area contributed by atoms with Crippen molar-refractivity contribution in [3.8, 4) is 6.07 Å². The van der Waals surface area contributed by atoms with E-state index in [-0.39, 0.29) is 32.5 Å². The molecule has 2 aromatic rings. The number of carbonyl (C=O) groups is 2. The summed E-state index contributed by atoms with van der Waals surface area (Å²) >= 11 is 12.2. The van der Waals surface area contributed by atoms with E-state index in [2.05, 4.69) is 0 Å². The minimum absolute atomic E-state index is 0.105. The molecule has 0 saturated heterocycles. The highest BCUT2D eigenvalue weighted by Crippen LogP contribution is 2.29. The summed E-state index contributed by atoms with van der Waals surface area (Å²) in [6, 6.07) is 14.6. The van der Waals surface area contributed by atoms with Gasteiger partial charge in [0.2, 0.25) is 0 Å². The Bertz CT molecular complexity index is 930. The van der Waals surface area contributed by atoms with Crippen LogP contribution in [0.4, 0.5) is 0 Å². The quantitative estimate of drug-likeness (QED) is 0.341. The number of nitrogens with zero attached hydrogens (tertiary/aromatic N) is 2. The summed E-state index contributed by atoms with van der Waals surface area (Å²) in [7, 11) is 2.97. The van der Waals surface area contributed by atoms with Crippen molar-refractivity contribution in [2.45, 2.75) is 0 Å². The third-order valence-corrected chi connectivity index (χ3v) is 4.03. The molecular weight excluding hydrogens is 375 g/mol. The maximum Gasteiger partial charge on any atom is 0.345 e. The number of likely N-dealkylation sites (N-methyl/N-ethyl adjacent to an activating group) is 1. The lowest BCUT2D eigenvalue weighted by Crippen LogP contribution is -2.24. The summed E-state index contributed by atoms with van der Waals surface area (Å²) in [6.45, 7) is 0. The number of benzene rings is 2. The van der Waals surface area contributed by atoms with Gasteiger partial charge in [0.15, 0.2) is 11.3 Å². The van der Waals surface area contributed by atoms with E-state index in [0.717, 1.165) is 0 Å². The lowest BCUT2D eigenvalue weighted by atomic mass is 10.1. The number of hydrogen-bond acceptors (Lipinski definition) is 4. The summed E-state index contributed by atoms with van der Waals surface area (Å²) in [5, 5.41) is 9.91. The van der Waals surface area contributed by atoms with Gasteiger partial charge in [0.25, 0.3) is 5.91 Å². The number of nitriles is 1. The number of rotatable bonds is 4. The van der Waals surface area contributed by atoms with Gasteiger partial charge in [-0.15, -0.1) is 0 Å². The fourth-order valence-electron chi connectivity index (χ4n) is 2.08. The largest absolute Gasteiger partial charge is 0.421 e. The number of amides is 1. The van der Waals surface area contributed by atoms with E-state index < -0.39 is 11.9 Å². The summed E-state index contributed by atoms with van der Waals surface area (Å²) in [6.07, 6.45) is 0. The normalized spacial score (nSPS) is 11.2. The summed E-state index contributed by atoms with van der Waals surface area (Å²) in [4.78, 5) is 26.1. The maximum absolute atomic E-state index is 12.6. The number of ether oxygens (including phenoxy) is 1. The van der Waals surface area contributed by atoms with Crippen LogP contribution in [-0.2, 0) is 9.53 Å². The Hall–Kier alpha value is -2.81. The lowest BCUT2D eigenvalue weighted by Gasteiger charge is -2.15. The highest BCUT2D eigenvalue weighted by molar-refractivity contribution is 6.34. The molecule has 1 amide bonds. The first-order chi connectivity index (χ1) is 12.4. The molecule has 5 nitrogen and oxygen atoms in total.